The summed E-state index contributed by atoms with van der Waals surface area (Å²) in [7, 11) is 2.05. The van der Waals surface area contributed by atoms with Crippen LogP contribution in [0.15, 0.2) is 66.9 Å². The molecular formula is C24H21ClN2S. The molecule has 2 nitrogen and oxygen atoms in total. The van der Waals surface area contributed by atoms with E-state index in [1.165, 1.54) is 10.9 Å². The summed E-state index contributed by atoms with van der Waals surface area (Å²) in [5.41, 5.74) is 7.52. The van der Waals surface area contributed by atoms with Crippen LogP contribution in [-0.2, 0) is 0 Å². The molecule has 0 saturated carbocycles. The lowest BCUT2D eigenvalue weighted by Gasteiger charge is -2.21. The van der Waals surface area contributed by atoms with Crippen LogP contribution in [0.2, 0.25) is 5.02 Å². The quantitative estimate of drug-likeness (QED) is 0.292. The molecule has 28 heavy (non-hydrogen) atoms. The number of hydrogen-bond donors (Lipinski definition) is 1. The molecule has 0 aliphatic rings. The van der Waals surface area contributed by atoms with Crippen molar-refractivity contribution in [1.82, 2.24) is 4.98 Å². The lowest BCUT2D eigenvalue weighted by molar-refractivity contribution is 1.21. The summed E-state index contributed by atoms with van der Waals surface area (Å²) in [4.78, 5) is 6.24. The standard InChI is InChI=1S/C24H21ClN2S/c1-15-7-8-16(2)20(13-15)24(28)19-10-9-18(14-21(19)25)27(3)22-6-4-5-17-11-12-26-23(17)22/h4-14,26H,1-3H3. The fraction of sp³-hybridized carbons (Fsp3) is 0.125. The number of anilines is 2. The van der Waals surface area contributed by atoms with Crippen LogP contribution < -0.4 is 4.90 Å². The Balaban J connectivity index is 1.71. The molecule has 1 aromatic heterocycles. The van der Waals surface area contributed by atoms with Crippen molar-refractivity contribution in [2.24, 2.45) is 0 Å². The number of benzene rings is 3. The second-order valence-electron chi connectivity index (χ2n) is 7.09. The molecule has 4 rings (SSSR count). The Labute approximate surface area is 175 Å². The van der Waals surface area contributed by atoms with Gasteiger partial charge in [-0.05, 0) is 55.3 Å². The molecule has 1 N–H and O–H groups in total. The molecule has 0 atom stereocenters. The van der Waals surface area contributed by atoms with Gasteiger partial charge in [0, 0.05) is 29.9 Å². The van der Waals surface area contributed by atoms with Gasteiger partial charge in [-0.1, -0.05) is 59.7 Å². The normalized spacial score (nSPS) is 11.0. The van der Waals surface area contributed by atoms with Crippen molar-refractivity contribution < 1.29 is 0 Å². The molecule has 4 heteroatoms. The Kier molecular flexibility index (Phi) is 4.96. The maximum absolute atomic E-state index is 6.67. The number of aromatic amines is 1. The molecule has 0 bridgehead atoms. The summed E-state index contributed by atoms with van der Waals surface area (Å²) in [5.74, 6) is 0. The highest BCUT2D eigenvalue weighted by atomic mass is 35.5. The highest BCUT2D eigenvalue weighted by molar-refractivity contribution is 7.81. The largest absolute Gasteiger partial charge is 0.359 e. The fourth-order valence-electron chi connectivity index (χ4n) is 3.51. The molecule has 0 fully saturated rings. The third-order valence-corrected chi connectivity index (χ3v) is 5.90. The van der Waals surface area contributed by atoms with Gasteiger partial charge >= 0.3 is 0 Å². The summed E-state index contributed by atoms with van der Waals surface area (Å²) in [5, 5.41) is 1.84. The van der Waals surface area contributed by atoms with Gasteiger partial charge < -0.3 is 9.88 Å². The van der Waals surface area contributed by atoms with E-state index in [9.17, 15) is 0 Å². The summed E-state index contributed by atoms with van der Waals surface area (Å²) >= 11 is 12.4. The van der Waals surface area contributed by atoms with Crippen molar-refractivity contribution in [3.05, 3.63) is 94.1 Å². The van der Waals surface area contributed by atoms with Gasteiger partial charge in [-0.2, -0.15) is 0 Å². The first-order valence-corrected chi connectivity index (χ1v) is 9.95. The number of thiocarbonyl (C=S) groups is 1. The van der Waals surface area contributed by atoms with Crippen molar-refractivity contribution in [3.8, 4) is 0 Å². The molecule has 0 unspecified atom stereocenters. The van der Waals surface area contributed by atoms with E-state index in [1.807, 2.05) is 25.4 Å². The van der Waals surface area contributed by atoms with Crippen LogP contribution in [0.4, 0.5) is 11.4 Å². The van der Waals surface area contributed by atoms with Gasteiger partial charge in [0.2, 0.25) is 0 Å². The molecule has 140 valence electrons. The zero-order chi connectivity index (χ0) is 19.8. The zero-order valence-electron chi connectivity index (χ0n) is 16.1. The van der Waals surface area contributed by atoms with Crippen molar-refractivity contribution in [2.45, 2.75) is 13.8 Å². The van der Waals surface area contributed by atoms with Gasteiger partial charge in [0.1, 0.15) is 0 Å². The maximum atomic E-state index is 6.67. The van der Waals surface area contributed by atoms with Crippen molar-refractivity contribution in [3.63, 3.8) is 0 Å². The monoisotopic (exact) mass is 404 g/mol. The van der Waals surface area contributed by atoms with Crippen LogP contribution >= 0.6 is 23.8 Å². The highest BCUT2D eigenvalue weighted by Crippen LogP contribution is 2.33. The van der Waals surface area contributed by atoms with Gasteiger partial charge in [0.15, 0.2) is 0 Å². The molecule has 0 aliphatic carbocycles. The van der Waals surface area contributed by atoms with Crippen LogP contribution in [0.25, 0.3) is 10.9 Å². The summed E-state index contributed by atoms with van der Waals surface area (Å²) in [6.07, 6.45) is 1.96. The average Bonchev–Trinajstić information content (AvgIpc) is 3.17. The van der Waals surface area contributed by atoms with Crippen molar-refractivity contribution in [1.29, 1.82) is 0 Å². The Morgan fingerprint density at radius 2 is 1.79 bits per heavy atom. The number of hydrogen-bond acceptors (Lipinski definition) is 2. The van der Waals surface area contributed by atoms with E-state index in [1.54, 1.807) is 0 Å². The summed E-state index contributed by atoms with van der Waals surface area (Å²) in [6.45, 7) is 4.15. The second-order valence-corrected chi connectivity index (χ2v) is 7.91. The van der Waals surface area contributed by atoms with E-state index >= 15 is 0 Å². The Hall–Kier alpha value is -2.62. The predicted octanol–water partition coefficient (Wildman–Crippen LogP) is 6.97. The van der Waals surface area contributed by atoms with Gasteiger partial charge in [-0.25, -0.2) is 0 Å². The summed E-state index contributed by atoms with van der Waals surface area (Å²) in [6, 6.07) is 20.7. The van der Waals surface area contributed by atoms with Gasteiger partial charge in [-0.3, -0.25) is 0 Å². The van der Waals surface area contributed by atoms with Crippen LogP contribution in [0, 0.1) is 13.8 Å². The number of fused-ring (bicyclic) bond motifs is 1. The van der Waals surface area contributed by atoms with Crippen LogP contribution in [0.1, 0.15) is 22.3 Å². The fourth-order valence-corrected chi connectivity index (χ4v) is 4.23. The van der Waals surface area contributed by atoms with E-state index in [4.69, 9.17) is 23.8 Å². The predicted molar refractivity (Wildman–Crippen MR) is 125 cm³/mol. The molecule has 0 radical (unpaired) electrons. The minimum Gasteiger partial charge on any atom is -0.359 e. The molecule has 4 aromatic rings. The van der Waals surface area contributed by atoms with E-state index in [0.29, 0.717) is 5.02 Å². The number of halogens is 1. The average molecular weight is 405 g/mol. The minimum absolute atomic E-state index is 0.661. The number of rotatable bonds is 4. The molecule has 3 aromatic carbocycles. The minimum atomic E-state index is 0.661. The first kappa shape index (κ1) is 18.7. The highest BCUT2D eigenvalue weighted by Gasteiger charge is 2.15. The lowest BCUT2D eigenvalue weighted by atomic mass is 9.98. The maximum Gasteiger partial charge on any atom is 0.0695 e. The van der Waals surface area contributed by atoms with E-state index in [2.05, 4.69) is 72.3 Å². The first-order valence-electron chi connectivity index (χ1n) is 9.17. The topological polar surface area (TPSA) is 19.0 Å². The number of aryl methyl sites for hydroxylation is 2. The molecule has 0 spiro atoms. The lowest BCUT2D eigenvalue weighted by Crippen LogP contribution is -2.11. The van der Waals surface area contributed by atoms with E-state index in [0.717, 1.165) is 38.4 Å². The van der Waals surface area contributed by atoms with Crippen LogP contribution in [-0.4, -0.2) is 16.9 Å². The molecule has 0 saturated heterocycles. The second kappa shape index (κ2) is 7.42. The Bertz CT molecular complexity index is 1190. The van der Waals surface area contributed by atoms with Crippen molar-refractivity contribution >= 4 is 51.0 Å². The van der Waals surface area contributed by atoms with Gasteiger partial charge in [0.25, 0.3) is 0 Å². The number of aromatic nitrogens is 1. The Morgan fingerprint density at radius 3 is 2.57 bits per heavy atom. The van der Waals surface area contributed by atoms with Gasteiger partial charge in [0.05, 0.1) is 21.1 Å². The van der Waals surface area contributed by atoms with E-state index in [-0.39, 0.29) is 0 Å². The van der Waals surface area contributed by atoms with Gasteiger partial charge in [-0.15, -0.1) is 0 Å². The number of nitrogens with zero attached hydrogens (tertiary/aromatic N) is 1. The number of H-pyrrole nitrogens is 1. The first-order chi connectivity index (χ1) is 13.5. The molecule has 1 heterocycles. The smallest absolute Gasteiger partial charge is 0.0695 e. The molecule has 0 amide bonds. The van der Waals surface area contributed by atoms with Crippen molar-refractivity contribution in [2.75, 3.05) is 11.9 Å². The third-order valence-electron chi connectivity index (χ3n) is 5.15. The van der Waals surface area contributed by atoms with Crippen LogP contribution in [0.5, 0.6) is 0 Å². The third kappa shape index (κ3) is 3.32. The van der Waals surface area contributed by atoms with Crippen LogP contribution in [0.3, 0.4) is 0 Å². The number of para-hydroxylation sites is 1. The summed E-state index contributed by atoms with van der Waals surface area (Å²) < 4.78 is 0. The number of nitrogens with one attached hydrogen (secondary N) is 1. The Morgan fingerprint density at radius 1 is 0.964 bits per heavy atom. The molecular weight excluding hydrogens is 384 g/mol. The van der Waals surface area contributed by atoms with E-state index < -0.39 is 0 Å². The molecule has 0 aliphatic heterocycles. The zero-order valence-corrected chi connectivity index (χ0v) is 17.7. The SMILES string of the molecule is Cc1ccc(C)c(C(=S)c2ccc(N(C)c3cccc4cc[nH]c34)cc2Cl)c1.